The van der Waals surface area contributed by atoms with Crippen LogP contribution in [0.1, 0.15) is 54.7 Å². The van der Waals surface area contributed by atoms with Crippen LogP contribution in [-0.4, -0.2) is 47.9 Å². The highest BCUT2D eigenvalue weighted by molar-refractivity contribution is 5.86. The highest BCUT2D eigenvalue weighted by Crippen LogP contribution is 2.40. The number of halogens is 3. The number of benzene rings is 1. The Kier molecular flexibility index (Phi) is 5.95. The third kappa shape index (κ3) is 4.21. The average Bonchev–Trinajstić information content (AvgIpc) is 3.46. The zero-order valence-electron chi connectivity index (χ0n) is 21.7. The Morgan fingerprint density at radius 2 is 1.82 bits per heavy atom. The number of hydrogen-bond donors (Lipinski definition) is 2. The molecule has 4 aromatic rings. The molecule has 1 aromatic carbocycles. The second-order valence-electron chi connectivity index (χ2n) is 10.6. The summed E-state index contributed by atoms with van der Waals surface area (Å²) in [6.07, 6.45) is 1.91. The first-order valence-electron chi connectivity index (χ1n) is 12.9. The van der Waals surface area contributed by atoms with E-state index >= 15 is 0 Å². The Hall–Kier alpha value is -4.25. The summed E-state index contributed by atoms with van der Waals surface area (Å²) in [5.41, 5.74) is 6.75. The van der Waals surface area contributed by atoms with E-state index in [2.05, 4.69) is 16.5 Å². The summed E-state index contributed by atoms with van der Waals surface area (Å²) in [5, 5.41) is 11.2. The van der Waals surface area contributed by atoms with Crippen molar-refractivity contribution in [3.8, 4) is 11.3 Å². The van der Waals surface area contributed by atoms with Gasteiger partial charge in [0.25, 0.3) is 0 Å². The van der Waals surface area contributed by atoms with Crippen LogP contribution in [0, 0.1) is 0 Å². The second-order valence-corrected chi connectivity index (χ2v) is 10.6. The molecule has 11 heteroatoms. The molecule has 3 N–H and O–H groups in total. The number of pyridine rings is 1. The van der Waals surface area contributed by atoms with E-state index in [9.17, 15) is 23.1 Å². The van der Waals surface area contributed by atoms with Gasteiger partial charge in [0.15, 0.2) is 0 Å². The lowest BCUT2D eigenvalue weighted by atomic mass is 9.90. The summed E-state index contributed by atoms with van der Waals surface area (Å²) in [6, 6.07) is 8.54. The van der Waals surface area contributed by atoms with E-state index in [0.717, 1.165) is 42.6 Å². The lowest BCUT2D eigenvalue weighted by Gasteiger charge is -2.34. The van der Waals surface area contributed by atoms with Gasteiger partial charge < -0.3 is 15.7 Å². The zero-order valence-corrected chi connectivity index (χ0v) is 21.7. The number of nitrogen functional groups attached to an aromatic ring is 1. The summed E-state index contributed by atoms with van der Waals surface area (Å²) in [6.45, 7) is 6.01. The number of piperidine rings is 1. The highest BCUT2D eigenvalue weighted by atomic mass is 19.4. The van der Waals surface area contributed by atoms with Gasteiger partial charge in [-0.05, 0) is 43.0 Å². The van der Waals surface area contributed by atoms with E-state index < -0.39 is 17.3 Å². The molecule has 0 unspecified atom stereocenters. The predicted molar refractivity (Wildman–Crippen MR) is 142 cm³/mol. The minimum absolute atomic E-state index is 0.0128. The standard InChI is InChI=1S/C29H27F3N6O2/c1-16-13-23(39)38-15-18(5-8-21(16)38)27-36-24(25-26(33)35-11-12-37(25)27)17-3-6-19(7-4-17)28(2,40)22-14-20(9-10-34-22)29(30,31)32/h3-4,6-7,9-12,14,18,21,40H,1,5,8,13,15H2,2H3,(H2,33,35)/t18-,21+,28+/m1/s1. The Morgan fingerprint density at radius 1 is 1.07 bits per heavy atom. The van der Waals surface area contributed by atoms with E-state index in [-0.39, 0.29) is 23.6 Å². The minimum atomic E-state index is -4.55. The van der Waals surface area contributed by atoms with E-state index in [1.807, 2.05) is 9.30 Å². The van der Waals surface area contributed by atoms with Crippen molar-refractivity contribution in [3.05, 3.63) is 89.8 Å². The summed E-state index contributed by atoms with van der Waals surface area (Å²) < 4.78 is 41.6. The van der Waals surface area contributed by atoms with Crippen molar-refractivity contribution < 1.29 is 23.1 Å². The van der Waals surface area contributed by atoms with E-state index in [1.54, 1.807) is 36.7 Å². The largest absolute Gasteiger partial charge is 0.416 e. The van der Waals surface area contributed by atoms with Gasteiger partial charge in [0, 0.05) is 43.0 Å². The number of aromatic nitrogens is 4. The fourth-order valence-corrected chi connectivity index (χ4v) is 5.85. The zero-order chi connectivity index (χ0) is 28.4. The maximum Gasteiger partial charge on any atom is 0.416 e. The normalized spacial score (nSPS) is 21.1. The van der Waals surface area contributed by atoms with Gasteiger partial charge in [0.1, 0.15) is 28.5 Å². The Balaban J connectivity index is 1.36. The van der Waals surface area contributed by atoms with Gasteiger partial charge in [0.2, 0.25) is 5.91 Å². The van der Waals surface area contributed by atoms with Crippen LogP contribution in [0.15, 0.2) is 67.1 Å². The number of aliphatic hydroxyl groups is 1. The molecule has 2 fully saturated rings. The summed E-state index contributed by atoms with van der Waals surface area (Å²) in [7, 11) is 0. The first-order chi connectivity index (χ1) is 18.9. The molecule has 0 aliphatic carbocycles. The van der Waals surface area contributed by atoms with Crippen LogP contribution < -0.4 is 5.73 Å². The number of hydrogen-bond acceptors (Lipinski definition) is 6. The molecule has 5 heterocycles. The van der Waals surface area contributed by atoms with Crippen molar-refractivity contribution in [2.75, 3.05) is 12.3 Å². The van der Waals surface area contributed by atoms with Crippen molar-refractivity contribution in [1.82, 2.24) is 24.3 Å². The van der Waals surface area contributed by atoms with Crippen LogP contribution >= 0.6 is 0 Å². The van der Waals surface area contributed by atoms with Crippen molar-refractivity contribution in [1.29, 1.82) is 0 Å². The minimum Gasteiger partial charge on any atom is -0.382 e. The summed E-state index contributed by atoms with van der Waals surface area (Å²) >= 11 is 0. The molecule has 2 aliphatic heterocycles. The SMILES string of the molecule is C=C1CC(=O)N2C[C@H](c3nc(-c4ccc([C@](C)(O)c5cc(C(F)(F)F)ccn5)cc4)c4c(N)nccn34)CC[C@@H]12. The fourth-order valence-electron chi connectivity index (χ4n) is 5.85. The maximum atomic E-state index is 13.2. The number of carbonyl (C=O) groups is 1. The Labute approximate surface area is 228 Å². The molecule has 3 aromatic heterocycles. The van der Waals surface area contributed by atoms with Gasteiger partial charge in [-0.1, -0.05) is 30.8 Å². The molecule has 6 rings (SSSR count). The summed E-state index contributed by atoms with van der Waals surface area (Å²) in [4.78, 5) is 27.7. The molecule has 0 bridgehead atoms. The van der Waals surface area contributed by atoms with Crippen LogP contribution in [0.3, 0.4) is 0 Å². The van der Waals surface area contributed by atoms with Gasteiger partial charge in [-0.15, -0.1) is 0 Å². The van der Waals surface area contributed by atoms with E-state index in [1.165, 1.54) is 6.92 Å². The van der Waals surface area contributed by atoms with Crippen LogP contribution in [0.2, 0.25) is 0 Å². The summed E-state index contributed by atoms with van der Waals surface area (Å²) in [5.74, 6) is 1.13. The van der Waals surface area contributed by atoms with Gasteiger partial charge in [-0.3, -0.25) is 14.2 Å². The first kappa shape index (κ1) is 26.0. The molecule has 0 saturated carbocycles. The highest BCUT2D eigenvalue weighted by Gasteiger charge is 2.40. The lowest BCUT2D eigenvalue weighted by Crippen LogP contribution is -2.41. The quantitative estimate of drug-likeness (QED) is 0.359. The number of anilines is 1. The van der Waals surface area contributed by atoms with Crippen LogP contribution in [0.4, 0.5) is 19.0 Å². The van der Waals surface area contributed by atoms with Gasteiger partial charge in [-0.25, -0.2) is 9.97 Å². The third-order valence-electron chi connectivity index (χ3n) is 8.03. The smallest absolute Gasteiger partial charge is 0.382 e. The van der Waals surface area contributed by atoms with Crippen LogP contribution in [0.25, 0.3) is 16.8 Å². The van der Waals surface area contributed by atoms with Crippen molar-refractivity contribution in [2.45, 2.75) is 49.9 Å². The van der Waals surface area contributed by atoms with E-state index in [0.29, 0.717) is 41.1 Å². The number of fused-ring (bicyclic) bond motifs is 2. The van der Waals surface area contributed by atoms with Gasteiger partial charge in [0.05, 0.1) is 17.3 Å². The molecule has 3 atom stereocenters. The monoisotopic (exact) mass is 548 g/mol. The predicted octanol–water partition coefficient (Wildman–Crippen LogP) is 4.68. The number of rotatable bonds is 4. The number of nitrogens with zero attached hydrogens (tertiary/aromatic N) is 5. The topological polar surface area (TPSA) is 110 Å². The molecule has 0 spiro atoms. The lowest BCUT2D eigenvalue weighted by molar-refractivity contribution is -0.137. The Morgan fingerprint density at radius 3 is 2.55 bits per heavy atom. The molecule has 2 aliphatic rings. The maximum absolute atomic E-state index is 13.2. The van der Waals surface area contributed by atoms with Crippen LogP contribution in [0.5, 0.6) is 0 Å². The number of carbonyl (C=O) groups excluding carboxylic acids is 1. The Bertz CT molecular complexity index is 1640. The van der Waals surface area contributed by atoms with E-state index in [4.69, 9.17) is 10.7 Å². The molecule has 1 amide bonds. The number of alkyl halides is 3. The number of imidazole rings is 1. The molecular formula is C29H27F3N6O2. The molecule has 8 nitrogen and oxygen atoms in total. The first-order valence-corrected chi connectivity index (χ1v) is 12.9. The van der Waals surface area contributed by atoms with Crippen molar-refractivity contribution in [3.63, 3.8) is 0 Å². The second kappa shape index (κ2) is 9.16. The van der Waals surface area contributed by atoms with Gasteiger partial charge in [-0.2, -0.15) is 13.2 Å². The number of nitrogens with two attached hydrogens (primary N) is 1. The number of amides is 1. The fraction of sp³-hybridized carbons (Fsp3) is 0.310. The van der Waals surface area contributed by atoms with Crippen molar-refractivity contribution in [2.24, 2.45) is 0 Å². The molecule has 206 valence electrons. The molecule has 0 radical (unpaired) electrons. The van der Waals surface area contributed by atoms with Crippen LogP contribution in [-0.2, 0) is 16.6 Å². The molecular weight excluding hydrogens is 521 g/mol. The third-order valence-corrected chi connectivity index (χ3v) is 8.03. The molecule has 40 heavy (non-hydrogen) atoms. The van der Waals surface area contributed by atoms with Gasteiger partial charge >= 0.3 is 6.18 Å². The van der Waals surface area contributed by atoms with Crippen molar-refractivity contribution >= 4 is 17.2 Å². The molecule has 2 saturated heterocycles. The average molecular weight is 549 g/mol.